The monoisotopic (exact) mass is 290 g/mol. The van der Waals surface area contributed by atoms with E-state index in [1.54, 1.807) is 11.3 Å². The molecule has 20 heavy (non-hydrogen) atoms. The average Bonchev–Trinajstić information content (AvgIpc) is 2.96. The summed E-state index contributed by atoms with van der Waals surface area (Å²) in [5.74, 6) is 0.534. The second-order valence-corrected chi connectivity index (χ2v) is 5.95. The summed E-state index contributed by atoms with van der Waals surface area (Å²) < 4.78 is 6.43. The normalized spacial score (nSPS) is 16.2. The molecular weight excluding hydrogens is 272 g/mol. The third-order valence-electron chi connectivity index (χ3n) is 3.62. The van der Waals surface area contributed by atoms with E-state index < -0.39 is 0 Å². The molecule has 106 valence electrons. The van der Waals surface area contributed by atoms with Crippen LogP contribution >= 0.6 is 11.3 Å². The van der Waals surface area contributed by atoms with E-state index in [4.69, 9.17) is 4.74 Å². The van der Waals surface area contributed by atoms with Crippen LogP contribution in [0.5, 0.6) is 0 Å². The molecule has 0 atom stereocenters. The highest BCUT2D eigenvalue weighted by atomic mass is 32.1. The van der Waals surface area contributed by atoms with Gasteiger partial charge in [0.2, 0.25) is 0 Å². The van der Waals surface area contributed by atoms with Gasteiger partial charge in [-0.15, -0.1) is 11.3 Å². The number of ether oxygens (including phenoxy) is 1. The van der Waals surface area contributed by atoms with Gasteiger partial charge < -0.3 is 15.4 Å². The van der Waals surface area contributed by atoms with Crippen LogP contribution in [0.15, 0.2) is 29.6 Å². The minimum Gasteiger partial charge on any atom is -0.381 e. The van der Waals surface area contributed by atoms with Gasteiger partial charge in [-0.25, -0.2) is 4.79 Å². The topological polar surface area (TPSA) is 50.4 Å². The number of benzene rings is 1. The van der Waals surface area contributed by atoms with E-state index in [1.165, 1.54) is 0 Å². The second kappa shape index (κ2) is 6.24. The predicted molar refractivity (Wildman–Crippen MR) is 82.4 cm³/mol. The lowest BCUT2D eigenvalue weighted by Crippen LogP contribution is -2.35. The molecule has 1 fully saturated rings. The summed E-state index contributed by atoms with van der Waals surface area (Å²) in [6.45, 7) is 2.33. The minimum absolute atomic E-state index is 0.127. The smallest absolute Gasteiger partial charge is 0.319 e. The van der Waals surface area contributed by atoms with E-state index in [0.717, 1.165) is 48.4 Å². The number of anilines is 1. The van der Waals surface area contributed by atoms with Crippen molar-refractivity contribution in [2.75, 3.05) is 25.1 Å². The largest absolute Gasteiger partial charge is 0.381 e. The summed E-state index contributed by atoms with van der Waals surface area (Å²) in [6.07, 6.45) is 2.06. The maximum atomic E-state index is 12.0. The molecule has 1 aromatic heterocycles. The molecule has 2 heterocycles. The molecule has 2 aromatic rings. The molecule has 0 radical (unpaired) electrons. The SMILES string of the molecule is O=C(NCC1CCOCC1)Nc1cccc2ccsc12. The van der Waals surface area contributed by atoms with Gasteiger partial charge in [-0.1, -0.05) is 12.1 Å². The second-order valence-electron chi connectivity index (χ2n) is 5.04. The van der Waals surface area contributed by atoms with E-state index in [-0.39, 0.29) is 6.03 Å². The average molecular weight is 290 g/mol. The number of hydrogen-bond acceptors (Lipinski definition) is 3. The number of amides is 2. The van der Waals surface area contributed by atoms with Crippen LogP contribution in [0.1, 0.15) is 12.8 Å². The Morgan fingerprint density at radius 3 is 3.00 bits per heavy atom. The van der Waals surface area contributed by atoms with Gasteiger partial charge in [0.05, 0.1) is 10.4 Å². The van der Waals surface area contributed by atoms with Crippen LogP contribution in [-0.4, -0.2) is 25.8 Å². The van der Waals surface area contributed by atoms with E-state index in [9.17, 15) is 4.79 Å². The molecule has 2 N–H and O–H groups in total. The van der Waals surface area contributed by atoms with Crippen LogP contribution in [0, 0.1) is 5.92 Å². The Morgan fingerprint density at radius 2 is 2.15 bits per heavy atom. The third kappa shape index (κ3) is 3.11. The van der Waals surface area contributed by atoms with Gasteiger partial charge in [0, 0.05) is 19.8 Å². The molecule has 1 aliphatic heterocycles. The van der Waals surface area contributed by atoms with Crippen molar-refractivity contribution in [1.29, 1.82) is 0 Å². The van der Waals surface area contributed by atoms with Crippen molar-refractivity contribution in [2.45, 2.75) is 12.8 Å². The molecule has 0 bridgehead atoms. The van der Waals surface area contributed by atoms with Gasteiger partial charge in [0.1, 0.15) is 0 Å². The molecule has 2 amide bonds. The lowest BCUT2D eigenvalue weighted by atomic mass is 10.0. The van der Waals surface area contributed by atoms with Gasteiger partial charge in [0.15, 0.2) is 0 Å². The third-order valence-corrected chi connectivity index (χ3v) is 4.58. The summed E-state index contributed by atoms with van der Waals surface area (Å²) >= 11 is 1.64. The molecule has 5 heteroatoms. The summed E-state index contributed by atoms with van der Waals surface area (Å²) in [6, 6.07) is 7.88. The number of hydrogen-bond donors (Lipinski definition) is 2. The fourth-order valence-corrected chi connectivity index (χ4v) is 3.31. The van der Waals surface area contributed by atoms with Crippen molar-refractivity contribution < 1.29 is 9.53 Å². The zero-order valence-electron chi connectivity index (χ0n) is 11.2. The number of thiophene rings is 1. The number of rotatable bonds is 3. The van der Waals surface area contributed by atoms with Gasteiger partial charge in [-0.3, -0.25) is 0 Å². The first-order valence-electron chi connectivity index (χ1n) is 6.92. The van der Waals surface area contributed by atoms with Crippen molar-refractivity contribution in [3.8, 4) is 0 Å². The molecule has 0 spiro atoms. The molecule has 1 aliphatic rings. The highest BCUT2D eigenvalue weighted by Gasteiger charge is 2.14. The molecule has 1 aromatic carbocycles. The van der Waals surface area contributed by atoms with Gasteiger partial charge in [-0.05, 0) is 41.7 Å². The quantitative estimate of drug-likeness (QED) is 0.909. The van der Waals surface area contributed by atoms with E-state index in [0.29, 0.717) is 5.92 Å². The Morgan fingerprint density at radius 1 is 1.30 bits per heavy atom. The molecule has 1 saturated heterocycles. The molecule has 0 aliphatic carbocycles. The first kappa shape index (κ1) is 13.4. The fourth-order valence-electron chi connectivity index (χ4n) is 2.45. The molecule has 4 nitrogen and oxygen atoms in total. The van der Waals surface area contributed by atoms with Crippen LogP contribution in [0.2, 0.25) is 0 Å². The number of carbonyl (C=O) groups is 1. The number of carbonyl (C=O) groups excluding carboxylic acids is 1. The lowest BCUT2D eigenvalue weighted by Gasteiger charge is -2.22. The van der Waals surface area contributed by atoms with Crippen LogP contribution in [0.25, 0.3) is 10.1 Å². The highest BCUT2D eigenvalue weighted by molar-refractivity contribution is 7.17. The van der Waals surface area contributed by atoms with Crippen molar-refractivity contribution in [1.82, 2.24) is 5.32 Å². The van der Waals surface area contributed by atoms with Crippen LogP contribution < -0.4 is 10.6 Å². The Hall–Kier alpha value is -1.59. The standard InChI is InChI=1S/C15H18N2O2S/c18-15(16-10-11-4-7-19-8-5-11)17-13-3-1-2-12-6-9-20-14(12)13/h1-3,6,9,11H,4-5,7-8,10H2,(H2,16,17,18). The highest BCUT2D eigenvalue weighted by Crippen LogP contribution is 2.28. The fraction of sp³-hybridized carbons (Fsp3) is 0.400. The Balaban J connectivity index is 1.57. The van der Waals surface area contributed by atoms with Gasteiger partial charge >= 0.3 is 6.03 Å². The maximum Gasteiger partial charge on any atom is 0.319 e. The van der Waals surface area contributed by atoms with Crippen LogP contribution in [0.3, 0.4) is 0 Å². The summed E-state index contributed by atoms with van der Waals surface area (Å²) in [5, 5.41) is 9.10. The van der Waals surface area contributed by atoms with Crippen molar-refractivity contribution in [2.24, 2.45) is 5.92 Å². The lowest BCUT2D eigenvalue weighted by molar-refractivity contribution is 0.0671. The zero-order chi connectivity index (χ0) is 13.8. The Bertz CT molecular complexity index is 590. The molecule has 0 unspecified atom stereocenters. The zero-order valence-corrected chi connectivity index (χ0v) is 12.0. The van der Waals surface area contributed by atoms with Crippen molar-refractivity contribution in [3.05, 3.63) is 29.6 Å². The van der Waals surface area contributed by atoms with Crippen molar-refractivity contribution >= 4 is 33.1 Å². The first-order chi connectivity index (χ1) is 9.83. The van der Waals surface area contributed by atoms with E-state index in [2.05, 4.69) is 22.8 Å². The predicted octanol–water partition coefficient (Wildman–Crippen LogP) is 3.45. The van der Waals surface area contributed by atoms with Crippen molar-refractivity contribution in [3.63, 3.8) is 0 Å². The van der Waals surface area contributed by atoms with Gasteiger partial charge in [0.25, 0.3) is 0 Å². The Labute approximate surface area is 122 Å². The number of fused-ring (bicyclic) bond motifs is 1. The first-order valence-corrected chi connectivity index (χ1v) is 7.80. The van der Waals surface area contributed by atoms with Crippen LogP contribution in [0.4, 0.5) is 10.5 Å². The molecular formula is C15H18N2O2S. The molecule has 3 rings (SSSR count). The Kier molecular flexibility index (Phi) is 4.18. The minimum atomic E-state index is -0.127. The number of urea groups is 1. The van der Waals surface area contributed by atoms with Gasteiger partial charge in [-0.2, -0.15) is 0 Å². The molecule has 0 saturated carbocycles. The number of nitrogens with one attached hydrogen (secondary N) is 2. The summed E-state index contributed by atoms with van der Waals surface area (Å²) in [4.78, 5) is 12.0. The summed E-state index contributed by atoms with van der Waals surface area (Å²) in [5.41, 5.74) is 0.877. The maximum absolute atomic E-state index is 12.0. The van der Waals surface area contributed by atoms with E-state index >= 15 is 0 Å². The van der Waals surface area contributed by atoms with E-state index in [1.807, 2.05) is 17.5 Å². The summed E-state index contributed by atoms with van der Waals surface area (Å²) in [7, 11) is 0. The van der Waals surface area contributed by atoms with Crippen LogP contribution in [-0.2, 0) is 4.74 Å².